The van der Waals surface area contributed by atoms with Crippen LogP contribution in [0.15, 0.2) is 24.4 Å². The lowest BCUT2D eigenvalue weighted by molar-refractivity contribution is -0.124. The normalized spacial score (nSPS) is 20.2. The number of carbonyl (C=O) groups excluding carboxylic acids is 1. The van der Waals surface area contributed by atoms with Crippen LogP contribution in [0.4, 0.5) is 5.82 Å². The van der Waals surface area contributed by atoms with Crippen molar-refractivity contribution in [1.82, 2.24) is 15.2 Å². The molecule has 0 aromatic carbocycles. The van der Waals surface area contributed by atoms with Gasteiger partial charge in [0.1, 0.15) is 11.4 Å². The van der Waals surface area contributed by atoms with Crippen LogP contribution in [0.2, 0.25) is 0 Å². The molecule has 0 bridgehead atoms. The fraction of sp³-hybridized carbons (Fsp3) is 0.611. The Morgan fingerprint density at radius 2 is 1.92 bits per heavy atom. The van der Waals surface area contributed by atoms with Gasteiger partial charge < -0.3 is 10.2 Å². The summed E-state index contributed by atoms with van der Waals surface area (Å²) in [5, 5.41) is 12.5. The fourth-order valence-electron chi connectivity index (χ4n) is 3.61. The highest BCUT2D eigenvalue weighted by atomic mass is 35.5. The van der Waals surface area contributed by atoms with Crippen LogP contribution in [-0.4, -0.2) is 54.1 Å². The number of piperazine rings is 1. The molecule has 1 aliphatic carbocycles. The second-order valence-electron chi connectivity index (χ2n) is 6.75. The van der Waals surface area contributed by atoms with Gasteiger partial charge in [-0.15, -0.1) is 12.4 Å². The highest BCUT2D eigenvalue weighted by Crippen LogP contribution is 2.27. The highest BCUT2D eigenvalue weighted by Gasteiger charge is 2.34. The van der Waals surface area contributed by atoms with Crippen molar-refractivity contribution in [1.29, 1.82) is 5.26 Å². The molecule has 0 atom stereocenters. The van der Waals surface area contributed by atoms with E-state index < -0.39 is 5.54 Å². The van der Waals surface area contributed by atoms with Gasteiger partial charge in [-0.3, -0.25) is 9.69 Å². The number of nitriles is 1. The van der Waals surface area contributed by atoms with Gasteiger partial charge in [0, 0.05) is 32.4 Å². The highest BCUT2D eigenvalue weighted by molar-refractivity contribution is 5.85. The quantitative estimate of drug-likeness (QED) is 0.885. The molecule has 2 fully saturated rings. The van der Waals surface area contributed by atoms with Crippen LogP contribution in [0.5, 0.6) is 0 Å². The lowest BCUT2D eigenvalue weighted by Crippen LogP contribution is -2.54. The maximum absolute atomic E-state index is 12.4. The number of aromatic nitrogens is 1. The minimum Gasteiger partial charge on any atom is -0.354 e. The van der Waals surface area contributed by atoms with E-state index in [1.807, 2.05) is 18.2 Å². The monoisotopic (exact) mass is 363 g/mol. The average Bonchev–Trinajstić information content (AvgIpc) is 2.64. The topological polar surface area (TPSA) is 72.3 Å². The van der Waals surface area contributed by atoms with Crippen molar-refractivity contribution >= 4 is 24.1 Å². The number of halogens is 1. The number of nitrogens with zero attached hydrogens (tertiary/aromatic N) is 4. The van der Waals surface area contributed by atoms with Gasteiger partial charge in [0.15, 0.2) is 0 Å². The molecule has 1 amide bonds. The van der Waals surface area contributed by atoms with E-state index in [0.29, 0.717) is 6.54 Å². The third kappa shape index (κ3) is 5.07. The number of pyridine rings is 1. The minimum absolute atomic E-state index is 0. The molecule has 1 N–H and O–H groups in total. The van der Waals surface area contributed by atoms with E-state index in [-0.39, 0.29) is 18.3 Å². The molecule has 1 saturated heterocycles. The number of nitrogens with one attached hydrogen (secondary N) is 1. The van der Waals surface area contributed by atoms with Gasteiger partial charge in [0.2, 0.25) is 5.91 Å². The van der Waals surface area contributed by atoms with Crippen LogP contribution in [0.25, 0.3) is 0 Å². The zero-order valence-electron chi connectivity index (χ0n) is 14.5. The van der Waals surface area contributed by atoms with Gasteiger partial charge in [-0.2, -0.15) is 5.26 Å². The maximum atomic E-state index is 12.4. The van der Waals surface area contributed by atoms with Gasteiger partial charge in [-0.1, -0.05) is 25.3 Å². The van der Waals surface area contributed by atoms with E-state index in [9.17, 15) is 10.1 Å². The Kier molecular flexibility index (Phi) is 7.03. The Bertz CT molecular complexity index is 589. The predicted octanol–water partition coefficient (Wildman–Crippen LogP) is 1.97. The van der Waals surface area contributed by atoms with Crippen LogP contribution >= 0.6 is 12.4 Å². The smallest absolute Gasteiger partial charge is 0.235 e. The summed E-state index contributed by atoms with van der Waals surface area (Å²) >= 11 is 0. The van der Waals surface area contributed by atoms with Crippen LogP contribution in [0, 0.1) is 11.3 Å². The lowest BCUT2D eigenvalue weighted by atomic mass is 9.83. The summed E-state index contributed by atoms with van der Waals surface area (Å²) in [6, 6.07) is 8.27. The number of rotatable bonds is 4. The Hall–Kier alpha value is -1.84. The first-order valence-corrected chi connectivity index (χ1v) is 8.81. The number of carbonyl (C=O) groups is 1. The van der Waals surface area contributed by atoms with E-state index in [0.717, 1.165) is 64.1 Å². The van der Waals surface area contributed by atoms with E-state index in [4.69, 9.17) is 0 Å². The van der Waals surface area contributed by atoms with E-state index in [1.165, 1.54) is 0 Å². The predicted molar refractivity (Wildman–Crippen MR) is 99.7 cm³/mol. The summed E-state index contributed by atoms with van der Waals surface area (Å²) in [7, 11) is 0. The molecule has 25 heavy (non-hydrogen) atoms. The lowest BCUT2D eigenvalue weighted by Gasteiger charge is -2.36. The largest absolute Gasteiger partial charge is 0.354 e. The van der Waals surface area contributed by atoms with Crippen LogP contribution in [-0.2, 0) is 4.79 Å². The Morgan fingerprint density at radius 1 is 1.20 bits per heavy atom. The maximum Gasteiger partial charge on any atom is 0.235 e. The van der Waals surface area contributed by atoms with Gasteiger partial charge in [0.05, 0.1) is 12.6 Å². The summed E-state index contributed by atoms with van der Waals surface area (Å²) in [6.07, 6.45) is 6.58. The van der Waals surface area contributed by atoms with Crippen LogP contribution < -0.4 is 10.2 Å². The molecule has 7 heteroatoms. The summed E-state index contributed by atoms with van der Waals surface area (Å²) in [5.41, 5.74) is -0.634. The van der Waals surface area contributed by atoms with Crippen LogP contribution in [0.1, 0.15) is 32.1 Å². The van der Waals surface area contributed by atoms with E-state index in [1.54, 1.807) is 6.20 Å². The Morgan fingerprint density at radius 3 is 2.52 bits per heavy atom. The van der Waals surface area contributed by atoms with E-state index in [2.05, 4.69) is 26.2 Å². The molecule has 1 aliphatic heterocycles. The number of hydrogen-bond donors (Lipinski definition) is 1. The van der Waals surface area contributed by atoms with Crippen molar-refractivity contribution in [3.8, 4) is 6.07 Å². The minimum atomic E-state index is -0.634. The standard InChI is InChI=1S/C18H25N5O.ClH/c19-15-18(7-3-1-4-8-18)21-17(24)14-22-10-12-23(13-11-22)16-6-2-5-9-20-16;/h2,5-6,9H,1,3-4,7-8,10-14H2,(H,21,24);1H. The molecule has 2 heterocycles. The number of amides is 1. The van der Waals surface area contributed by atoms with Gasteiger partial charge in [0.25, 0.3) is 0 Å². The third-order valence-corrected chi connectivity index (χ3v) is 5.01. The molecule has 1 aromatic heterocycles. The summed E-state index contributed by atoms with van der Waals surface area (Å²) < 4.78 is 0. The van der Waals surface area contributed by atoms with Crippen LogP contribution in [0.3, 0.4) is 0 Å². The molecule has 0 unspecified atom stereocenters. The van der Waals surface area contributed by atoms with Crippen molar-refractivity contribution in [3.63, 3.8) is 0 Å². The molecule has 0 spiro atoms. The van der Waals surface area contributed by atoms with Crippen molar-refractivity contribution in [2.75, 3.05) is 37.6 Å². The summed E-state index contributed by atoms with van der Waals surface area (Å²) in [4.78, 5) is 21.1. The SMILES string of the molecule is Cl.N#CC1(NC(=O)CN2CCN(c3ccccn3)CC2)CCCCC1. The number of hydrogen-bond acceptors (Lipinski definition) is 5. The van der Waals surface area contributed by atoms with Gasteiger partial charge in [-0.05, 0) is 25.0 Å². The molecule has 1 aromatic rings. The molecular weight excluding hydrogens is 338 g/mol. The zero-order valence-corrected chi connectivity index (χ0v) is 15.3. The molecule has 0 radical (unpaired) electrons. The molecule has 136 valence electrons. The average molecular weight is 364 g/mol. The van der Waals surface area contributed by atoms with Crippen molar-refractivity contribution < 1.29 is 4.79 Å². The molecule has 1 saturated carbocycles. The Balaban J connectivity index is 0.00000225. The first-order chi connectivity index (χ1) is 11.7. The summed E-state index contributed by atoms with van der Waals surface area (Å²) in [6.45, 7) is 3.79. The molecule has 2 aliphatic rings. The first-order valence-electron chi connectivity index (χ1n) is 8.81. The van der Waals surface area contributed by atoms with E-state index >= 15 is 0 Å². The zero-order chi connectivity index (χ0) is 16.8. The van der Waals surface area contributed by atoms with Gasteiger partial charge in [-0.25, -0.2) is 4.98 Å². The first kappa shape index (κ1) is 19.5. The van der Waals surface area contributed by atoms with Crippen molar-refractivity contribution in [2.45, 2.75) is 37.6 Å². The van der Waals surface area contributed by atoms with Crippen molar-refractivity contribution in [2.24, 2.45) is 0 Å². The van der Waals surface area contributed by atoms with Crippen molar-refractivity contribution in [3.05, 3.63) is 24.4 Å². The third-order valence-electron chi connectivity index (χ3n) is 5.01. The Labute approximate surface area is 155 Å². The molecule has 6 nitrogen and oxygen atoms in total. The fourth-order valence-corrected chi connectivity index (χ4v) is 3.61. The number of anilines is 1. The second-order valence-corrected chi connectivity index (χ2v) is 6.75. The molecule has 3 rings (SSSR count). The van der Waals surface area contributed by atoms with Gasteiger partial charge >= 0.3 is 0 Å². The second kappa shape index (κ2) is 9.02. The molecular formula is C18H26ClN5O. The summed E-state index contributed by atoms with van der Waals surface area (Å²) in [5.74, 6) is 0.969.